The lowest BCUT2D eigenvalue weighted by atomic mass is 10.0. The van der Waals surface area contributed by atoms with Gasteiger partial charge in [-0.15, -0.1) is 0 Å². The Morgan fingerprint density at radius 3 is 3.08 bits per heavy atom. The van der Waals surface area contributed by atoms with Gasteiger partial charge in [-0.05, 0) is 0 Å². The molecule has 6 nitrogen and oxygen atoms in total. The molecule has 6 heteroatoms. The predicted octanol–water partition coefficient (Wildman–Crippen LogP) is 0.173. The third kappa shape index (κ3) is 2.12. The highest BCUT2D eigenvalue weighted by Crippen LogP contribution is 2.24. The highest BCUT2D eigenvalue weighted by Gasteiger charge is 2.36. The first-order valence-corrected chi connectivity index (χ1v) is 3.82. The molecule has 3 atom stereocenters. The number of methoxy groups -OCH3 is 1. The van der Waals surface area contributed by atoms with Crippen LogP contribution in [0.2, 0.25) is 0 Å². The summed E-state index contributed by atoms with van der Waals surface area (Å²) in [5.41, 5.74) is 6.55. The molecule has 0 bridgehead atoms. The van der Waals surface area contributed by atoms with E-state index in [4.69, 9.17) is 15.0 Å². The Balaban J connectivity index is 2.71. The first-order valence-electron chi connectivity index (χ1n) is 3.82. The zero-order valence-electron chi connectivity index (χ0n) is 7.30. The first-order chi connectivity index (χ1) is 6.19. The Labute approximate surface area is 75.4 Å². The fraction of sp³-hybridized carbons (Fsp3) is 0.714. The molecule has 0 saturated carbocycles. The van der Waals surface area contributed by atoms with E-state index in [9.17, 15) is 5.11 Å². The smallest absolute Gasteiger partial charge is 0.214 e. The van der Waals surface area contributed by atoms with Gasteiger partial charge in [0.1, 0.15) is 22.5 Å². The highest BCUT2D eigenvalue weighted by molar-refractivity contribution is 5.02. The van der Waals surface area contributed by atoms with E-state index in [1.165, 1.54) is 7.11 Å². The molecule has 0 aliphatic carbocycles. The standard InChI is InChI=1S/C7H12N3O3/c1-4-7(11)5(9-10-8)3-6(12-2)13-4/h5-8,11H,1,3H2,2H3/q+1. The number of rotatable bonds is 2. The molecule has 1 rings (SSSR count). The van der Waals surface area contributed by atoms with Gasteiger partial charge >= 0.3 is 0 Å². The van der Waals surface area contributed by atoms with Gasteiger partial charge < -0.3 is 14.6 Å². The number of nitrogens with zero attached hydrogens (tertiary/aromatic N) is 2. The Morgan fingerprint density at radius 2 is 2.54 bits per heavy atom. The van der Waals surface area contributed by atoms with Crippen molar-refractivity contribution in [1.82, 2.24) is 4.91 Å². The largest absolute Gasteiger partial charge is 0.467 e. The van der Waals surface area contributed by atoms with Gasteiger partial charge in [-0.25, -0.2) is 0 Å². The van der Waals surface area contributed by atoms with Gasteiger partial charge in [0.05, 0.1) is 0 Å². The van der Waals surface area contributed by atoms with Crippen LogP contribution in [0, 0.1) is 5.53 Å². The SMILES string of the molecule is C=C1OC(OC)CC(N=[N+]=N)C1O. The Kier molecular flexibility index (Phi) is 3.13. The molecule has 3 unspecified atom stereocenters. The fourth-order valence-corrected chi connectivity index (χ4v) is 1.16. The number of ether oxygens (including phenoxy) is 2. The summed E-state index contributed by atoms with van der Waals surface area (Å²) in [5, 5.41) is 13.0. The molecule has 0 aromatic rings. The summed E-state index contributed by atoms with van der Waals surface area (Å²) in [6.07, 6.45) is -0.995. The van der Waals surface area contributed by atoms with Gasteiger partial charge in [0, 0.05) is 13.5 Å². The number of hydrogen-bond donors (Lipinski definition) is 2. The molecule has 1 heterocycles. The Hall–Kier alpha value is -1.23. The summed E-state index contributed by atoms with van der Waals surface area (Å²) in [7, 11) is 1.49. The van der Waals surface area contributed by atoms with Crippen LogP contribution >= 0.6 is 0 Å². The van der Waals surface area contributed by atoms with Crippen LogP contribution in [0.25, 0.3) is 0 Å². The van der Waals surface area contributed by atoms with Crippen molar-refractivity contribution in [3.8, 4) is 0 Å². The lowest BCUT2D eigenvalue weighted by Gasteiger charge is -2.29. The molecule has 0 spiro atoms. The van der Waals surface area contributed by atoms with Crippen LogP contribution in [0.3, 0.4) is 0 Å². The van der Waals surface area contributed by atoms with E-state index >= 15 is 0 Å². The zero-order valence-corrected chi connectivity index (χ0v) is 7.30. The van der Waals surface area contributed by atoms with Crippen LogP contribution < -0.4 is 4.91 Å². The van der Waals surface area contributed by atoms with Gasteiger partial charge in [-0.2, -0.15) is 0 Å². The predicted molar refractivity (Wildman–Crippen MR) is 42.7 cm³/mol. The quantitative estimate of drug-likeness (QED) is 0.476. The van der Waals surface area contributed by atoms with E-state index in [2.05, 4.69) is 16.6 Å². The van der Waals surface area contributed by atoms with Crippen molar-refractivity contribution in [3.05, 3.63) is 12.3 Å². The molecule has 0 aromatic heterocycles. The second kappa shape index (κ2) is 4.13. The number of nitrogens with one attached hydrogen (secondary N) is 1. The molecule has 0 radical (unpaired) electrons. The summed E-state index contributed by atoms with van der Waals surface area (Å²) in [5.74, 6) is 0.204. The maximum atomic E-state index is 9.46. The van der Waals surface area contributed by atoms with Gasteiger partial charge in [0.25, 0.3) is 0 Å². The molecular weight excluding hydrogens is 174 g/mol. The molecular formula is C7H12N3O3+. The molecule has 1 aliphatic rings. The Morgan fingerprint density at radius 1 is 1.85 bits per heavy atom. The van der Waals surface area contributed by atoms with Crippen molar-refractivity contribution in [2.45, 2.75) is 24.9 Å². The summed E-state index contributed by atoms with van der Waals surface area (Å²) in [6.45, 7) is 3.51. The van der Waals surface area contributed by atoms with Crippen LogP contribution in [0.4, 0.5) is 0 Å². The highest BCUT2D eigenvalue weighted by atomic mass is 16.7. The minimum Gasteiger partial charge on any atom is -0.467 e. The molecule has 72 valence electrons. The summed E-state index contributed by atoms with van der Waals surface area (Å²) >= 11 is 0. The lowest BCUT2D eigenvalue weighted by Crippen LogP contribution is -2.39. The lowest BCUT2D eigenvalue weighted by molar-refractivity contribution is -0.143. The molecule has 0 aromatic carbocycles. The monoisotopic (exact) mass is 186 g/mol. The maximum absolute atomic E-state index is 9.46. The van der Waals surface area contributed by atoms with E-state index in [-0.39, 0.29) is 5.76 Å². The van der Waals surface area contributed by atoms with Crippen molar-refractivity contribution in [2.24, 2.45) is 5.11 Å². The molecule has 1 aliphatic heterocycles. The van der Waals surface area contributed by atoms with Crippen molar-refractivity contribution in [3.63, 3.8) is 0 Å². The molecule has 13 heavy (non-hydrogen) atoms. The van der Waals surface area contributed by atoms with Gasteiger partial charge in [0.15, 0.2) is 6.04 Å². The zero-order chi connectivity index (χ0) is 9.84. The molecule has 0 amide bonds. The van der Waals surface area contributed by atoms with Gasteiger partial charge in [-0.3, -0.25) is 0 Å². The van der Waals surface area contributed by atoms with Crippen LogP contribution in [0.5, 0.6) is 0 Å². The molecule has 1 fully saturated rings. The minimum atomic E-state index is -0.902. The van der Waals surface area contributed by atoms with E-state index in [0.29, 0.717) is 6.42 Å². The molecule has 1 saturated heterocycles. The average molecular weight is 186 g/mol. The van der Waals surface area contributed by atoms with E-state index in [1.807, 2.05) is 0 Å². The van der Waals surface area contributed by atoms with Gasteiger partial charge in [-0.1, -0.05) is 6.58 Å². The van der Waals surface area contributed by atoms with E-state index < -0.39 is 18.4 Å². The summed E-state index contributed by atoms with van der Waals surface area (Å²) in [6, 6.07) is -0.497. The van der Waals surface area contributed by atoms with Crippen molar-refractivity contribution in [1.29, 1.82) is 5.53 Å². The van der Waals surface area contributed by atoms with Crippen LogP contribution in [0.1, 0.15) is 6.42 Å². The van der Waals surface area contributed by atoms with E-state index in [1.54, 1.807) is 0 Å². The van der Waals surface area contributed by atoms with Crippen molar-refractivity contribution in [2.75, 3.05) is 7.11 Å². The van der Waals surface area contributed by atoms with Crippen LogP contribution in [-0.4, -0.2) is 30.7 Å². The second-order valence-corrected chi connectivity index (χ2v) is 2.71. The average Bonchev–Trinajstić information content (AvgIpc) is 2.13. The molecule has 2 N–H and O–H groups in total. The Bertz CT molecular complexity index is 249. The maximum Gasteiger partial charge on any atom is 0.214 e. The first kappa shape index (κ1) is 9.85. The van der Waals surface area contributed by atoms with Crippen LogP contribution in [0.15, 0.2) is 17.5 Å². The third-order valence-electron chi connectivity index (χ3n) is 1.88. The van der Waals surface area contributed by atoms with Crippen molar-refractivity contribution < 1.29 is 14.6 Å². The van der Waals surface area contributed by atoms with Crippen LogP contribution in [-0.2, 0) is 9.47 Å². The fourth-order valence-electron chi connectivity index (χ4n) is 1.16. The topological polar surface area (TPSA) is 89.0 Å². The summed E-state index contributed by atoms with van der Waals surface area (Å²) in [4.78, 5) is 2.88. The van der Waals surface area contributed by atoms with Crippen molar-refractivity contribution >= 4 is 0 Å². The van der Waals surface area contributed by atoms with E-state index in [0.717, 1.165) is 0 Å². The minimum absolute atomic E-state index is 0.204. The second-order valence-electron chi connectivity index (χ2n) is 2.71. The summed E-state index contributed by atoms with van der Waals surface area (Å²) < 4.78 is 10.0. The third-order valence-corrected chi connectivity index (χ3v) is 1.88. The number of hydrogen-bond acceptors (Lipinski definition) is 5. The number of aliphatic hydroxyl groups is 1. The van der Waals surface area contributed by atoms with Gasteiger partial charge in [0.2, 0.25) is 11.2 Å². The normalized spacial score (nSPS) is 33.4. The number of aliphatic hydroxyl groups excluding tert-OH is 1.